The molecule has 2 unspecified atom stereocenters. The molecule has 1 fully saturated rings. The molecule has 0 saturated carbocycles. The van der Waals surface area contributed by atoms with Gasteiger partial charge in [-0.05, 0) is 36.2 Å². The number of likely N-dealkylation sites (N-methyl/N-ethyl adjacent to an activating group) is 1. The van der Waals surface area contributed by atoms with E-state index in [-0.39, 0.29) is 35.9 Å². The Labute approximate surface area is 149 Å². The van der Waals surface area contributed by atoms with Gasteiger partial charge in [0.05, 0.1) is 18.6 Å². The van der Waals surface area contributed by atoms with Gasteiger partial charge in [0.15, 0.2) is 0 Å². The Morgan fingerprint density at radius 2 is 2.12 bits per heavy atom. The molecule has 1 saturated heterocycles. The predicted octanol–water partition coefficient (Wildman–Crippen LogP) is 2.50. The second kappa shape index (κ2) is 7.66. The first-order chi connectivity index (χ1) is 11.2. The standard InChI is InChI=1S/C18H29N3O2S/c1-18(2,3)16(14-9-7-11-24-14)19-15(22)12-21-10-6-8-13(21)17(23)20(4)5/h7,9,11,13,16H,6,8,10,12H2,1-5H3,(H,19,22). The molecule has 0 bridgehead atoms. The minimum absolute atomic E-state index is 0.0122. The number of hydrogen-bond acceptors (Lipinski definition) is 4. The van der Waals surface area contributed by atoms with Gasteiger partial charge in [-0.1, -0.05) is 26.8 Å². The first-order valence-corrected chi connectivity index (χ1v) is 9.36. The van der Waals surface area contributed by atoms with E-state index in [2.05, 4.69) is 32.2 Å². The Morgan fingerprint density at radius 3 is 2.67 bits per heavy atom. The van der Waals surface area contributed by atoms with Gasteiger partial charge in [-0.3, -0.25) is 14.5 Å². The average Bonchev–Trinajstić information content (AvgIpc) is 3.14. The summed E-state index contributed by atoms with van der Waals surface area (Å²) in [7, 11) is 3.54. The van der Waals surface area contributed by atoms with Crippen molar-refractivity contribution in [3.05, 3.63) is 22.4 Å². The first kappa shape index (κ1) is 18.9. The van der Waals surface area contributed by atoms with Gasteiger partial charge in [-0.2, -0.15) is 0 Å². The largest absolute Gasteiger partial charge is 0.347 e. The molecule has 2 amide bonds. The molecule has 1 N–H and O–H groups in total. The summed E-state index contributed by atoms with van der Waals surface area (Å²) in [5, 5.41) is 5.21. The quantitative estimate of drug-likeness (QED) is 0.887. The topological polar surface area (TPSA) is 52.7 Å². The zero-order valence-corrected chi connectivity index (χ0v) is 16.2. The lowest BCUT2D eigenvalue weighted by Crippen LogP contribution is -2.48. The predicted molar refractivity (Wildman–Crippen MR) is 97.9 cm³/mol. The third-order valence-electron chi connectivity index (χ3n) is 4.44. The summed E-state index contributed by atoms with van der Waals surface area (Å²) < 4.78 is 0. The van der Waals surface area contributed by atoms with Crippen LogP contribution in [0.3, 0.4) is 0 Å². The van der Waals surface area contributed by atoms with Crippen molar-refractivity contribution < 1.29 is 9.59 Å². The van der Waals surface area contributed by atoms with Gasteiger partial charge in [0, 0.05) is 19.0 Å². The van der Waals surface area contributed by atoms with Gasteiger partial charge < -0.3 is 10.2 Å². The molecule has 2 rings (SSSR count). The van der Waals surface area contributed by atoms with Gasteiger partial charge in [0.2, 0.25) is 11.8 Å². The summed E-state index contributed by atoms with van der Waals surface area (Å²) in [6, 6.07) is 3.89. The zero-order valence-electron chi connectivity index (χ0n) is 15.3. The molecular formula is C18H29N3O2S. The van der Waals surface area contributed by atoms with Crippen LogP contribution in [0.15, 0.2) is 17.5 Å². The molecule has 1 aromatic rings. The maximum atomic E-state index is 12.6. The van der Waals surface area contributed by atoms with Crippen molar-refractivity contribution in [3.8, 4) is 0 Å². The Morgan fingerprint density at radius 1 is 1.42 bits per heavy atom. The molecule has 0 aromatic carbocycles. The van der Waals surface area contributed by atoms with Crippen LogP contribution < -0.4 is 5.32 Å². The normalized spacial score (nSPS) is 20.0. The second-order valence-electron chi connectivity index (χ2n) is 7.74. The van der Waals surface area contributed by atoms with Crippen molar-refractivity contribution >= 4 is 23.2 Å². The van der Waals surface area contributed by atoms with Gasteiger partial charge >= 0.3 is 0 Å². The van der Waals surface area contributed by atoms with Crippen molar-refractivity contribution in [1.82, 2.24) is 15.1 Å². The zero-order chi connectivity index (χ0) is 17.9. The summed E-state index contributed by atoms with van der Waals surface area (Å²) >= 11 is 1.66. The fraction of sp³-hybridized carbons (Fsp3) is 0.667. The van der Waals surface area contributed by atoms with E-state index in [1.54, 1.807) is 30.3 Å². The minimum atomic E-state index is -0.166. The Balaban J connectivity index is 2.02. The highest BCUT2D eigenvalue weighted by atomic mass is 32.1. The number of rotatable bonds is 5. The van der Waals surface area contributed by atoms with Gasteiger partial charge in [0.25, 0.3) is 0 Å². The second-order valence-corrected chi connectivity index (χ2v) is 8.72. The van der Waals surface area contributed by atoms with Gasteiger partial charge in [-0.25, -0.2) is 0 Å². The highest BCUT2D eigenvalue weighted by molar-refractivity contribution is 7.10. The summed E-state index contributed by atoms with van der Waals surface area (Å²) in [6.07, 6.45) is 1.79. The fourth-order valence-electron chi connectivity index (χ4n) is 3.15. The molecule has 2 atom stereocenters. The van der Waals surface area contributed by atoms with E-state index in [4.69, 9.17) is 0 Å². The number of likely N-dealkylation sites (tertiary alicyclic amines) is 1. The molecule has 0 aliphatic carbocycles. The van der Waals surface area contributed by atoms with Crippen LogP contribution in [0.2, 0.25) is 0 Å². The summed E-state index contributed by atoms with van der Waals surface area (Å²) in [4.78, 5) is 29.7. The van der Waals surface area contributed by atoms with Crippen molar-refractivity contribution in [2.45, 2.75) is 45.7 Å². The van der Waals surface area contributed by atoms with Crippen LogP contribution in [-0.4, -0.2) is 54.8 Å². The maximum Gasteiger partial charge on any atom is 0.239 e. The monoisotopic (exact) mass is 351 g/mol. The van der Waals surface area contributed by atoms with Crippen molar-refractivity contribution in [2.75, 3.05) is 27.2 Å². The van der Waals surface area contributed by atoms with E-state index < -0.39 is 0 Å². The fourth-order valence-corrected chi connectivity index (χ4v) is 4.17. The van der Waals surface area contributed by atoms with E-state index in [1.807, 2.05) is 16.3 Å². The van der Waals surface area contributed by atoms with Gasteiger partial charge in [-0.15, -0.1) is 11.3 Å². The molecular weight excluding hydrogens is 322 g/mol. The molecule has 0 spiro atoms. The molecule has 1 aromatic heterocycles. The van der Waals surface area contributed by atoms with Gasteiger partial charge in [0.1, 0.15) is 0 Å². The number of amides is 2. The number of carbonyl (C=O) groups excluding carboxylic acids is 2. The van der Waals surface area contributed by atoms with E-state index in [0.29, 0.717) is 0 Å². The maximum absolute atomic E-state index is 12.6. The van der Waals surface area contributed by atoms with Crippen LogP contribution in [0, 0.1) is 5.41 Å². The lowest BCUT2D eigenvalue weighted by Gasteiger charge is -2.32. The number of nitrogens with one attached hydrogen (secondary N) is 1. The molecule has 1 aliphatic heterocycles. The van der Waals surface area contributed by atoms with Crippen LogP contribution >= 0.6 is 11.3 Å². The van der Waals surface area contributed by atoms with E-state index >= 15 is 0 Å². The van der Waals surface area contributed by atoms with Crippen molar-refractivity contribution in [2.24, 2.45) is 5.41 Å². The third-order valence-corrected chi connectivity index (χ3v) is 5.37. The van der Waals surface area contributed by atoms with Crippen LogP contribution in [-0.2, 0) is 9.59 Å². The Hall–Kier alpha value is -1.40. The highest BCUT2D eigenvalue weighted by Crippen LogP contribution is 2.35. The van der Waals surface area contributed by atoms with Crippen LogP contribution in [0.1, 0.15) is 44.5 Å². The molecule has 2 heterocycles. The average molecular weight is 352 g/mol. The number of nitrogens with zero attached hydrogens (tertiary/aromatic N) is 2. The number of thiophene rings is 1. The molecule has 6 heteroatoms. The molecule has 1 aliphatic rings. The van der Waals surface area contributed by atoms with E-state index in [9.17, 15) is 9.59 Å². The van der Waals surface area contributed by atoms with E-state index in [0.717, 1.165) is 24.3 Å². The summed E-state index contributed by atoms with van der Waals surface area (Å²) in [5.74, 6) is 0.0766. The van der Waals surface area contributed by atoms with Crippen LogP contribution in [0.5, 0.6) is 0 Å². The summed E-state index contributed by atoms with van der Waals surface area (Å²) in [5.41, 5.74) is -0.0651. The van der Waals surface area contributed by atoms with Crippen LogP contribution in [0.4, 0.5) is 0 Å². The molecule has 0 radical (unpaired) electrons. The molecule has 24 heavy (non-hydrogen) atoms. The first-order valence-electron chi connectivity index (χ1n) is 8.48. The third kappa shape index (κ3) is 4.57. The molecule has 5 nitrogen and oxygen atoms in total. The Bertz CT molecular complexity index is 563. The lowest BCUT2D eigenvalue weighted by atomic mass is 9.85. The summed E-state index contributed by atoms with van der Waals surface area (Å²) in [6.45, 7) is 7.47. The van der Waals surface area contributed by atoms with Crippen molar-refractivity contribution in [3.63, 3.8) is 0 Å². The SMILES string of the molecule is CN(C)C(=O)C1CCCN1CC(=O)NC(c1cccs1)C(C)(C)C. The lowest BCUT2D eigenvalue weighted by molar-refractivity contribution is -0.134. The smallest absolute Gasteiger partial charge is 0.239 e. The van der Waals surface area contributed by atoms with E-state index in [1.165, 1.54) is 0 Å². The molecule has 134 valence electrons. The van der Waals surface area contributed by atoms with Crippen LogP contribution in [0.25, 0.3) is 0 Å². The van der Waals surface area contributed by atoms with Crippen molar-refractivity contribution in [1.29, 1.82) is 0 Å². The highest BCUT2D eigenvalue weighted by Gasteiger charge is 2.34. The minimum Gasteiger partial charge on any atom is -0.347 e. The number of hydrogen-bond donors (Lipinski definition) is 1. The Kier molecular flexibility index (Phi) is 6.04. The number of carbonyl (C=O) groups is 2.